The first-order valence-corrected chi connectivity index (χ1v) is 8.00. The number of methoxy groups -OCH3 is 2. The molecule has 1 aliphatic heterocycles. The second kappa shape index (κ2) is 7.38. The van der Waals surface area contributed by atoms with Gasteiger partial charge in [-0.05, 0) is 13.0 Å². The van der Waals surface area contributed by atoms with Crippen LogP contribution in [0, 0.1) is 6.92 Å². The molecular formula is C16H19N5O5. The molecule has 0 aliphatic carbocycles. The Morgan fingerprint density at radius 1 is 1.35 bits per heavy atom. The van der Waals surface area contributed by atoms with Crippen LogP contribution in [0.3, 0.4) is 0 Å². The predicted octanol–water partition coefficient (Wildman–Crippen LogP) is -0.0265. The van der Waals surface area contributed by atoms with Crippen molar-refractivity contribution in [1.82, 2.24) is 25.3 Å². The van der Waals surface area contributed by atoms with Crippen LogP contribution >= 0.6 is 0 Å². The Hall–Kier alpha value is -3.17. The van der Waals surface area contributed by atoms with Crippen LogP contribution in [0.25, 0.3) is 0 Å². The molecule has 1 N–H and O–H groups in total. The molecule has 138 valence electrons. The van der Waals surface area contributed by atoms with Crippen molar-refractivity contribution < 1.29 is 23.6 Å². The van der Waals surface area contributed by atoms with E-state index in [1.165, 1.54) is 19.1 Å². The number of ether oxygens (including phenoxy) is 2. The lowest BCUT2D eigenvalue weighted by Crippen LogP contribution is -2.58. The molecule has 1 atom stereocenters. The number of rotatable bonds is 5. The van der Waals surface area contributed by atoms with Crippen molar-refractivity contribution in [3.63, 3.8) is 0 Å². The molecule has 0 bridgehead atoms. The van der Waals surface area contributed by atoms with Crippen LogP contribution in [-0.2, 0) is 11.2 Å². The average Bonchev–Trinajstić information content (AvgIpc) is 3.07. The molecule has 0 radical (unpaired) electrons. The van der Waals surface area contributed by atoms with Gasteiger partial charge in [0.25, 0.3) is 5.91 Å². The molecule has 0 aromatic carbocycles. The lowest BCUT2D eigenvalue weighted by Gasteiger charge is -2.34. The van der Waals surface area contributed by atoms with Crippen LogP contribution < -0.4 is 14.8 Å². The number of piperazine rings is 1. The molecule has 1 unspecified atom stereocenters. The summed E-state index contributed by atoms with van der Waals surface area (Å²) in [6.45, 7) is 2.39. The normalized spacial score (nSPS) is 17.0. The van der Waals surface area contributed by atoms with Gasteiger partial charge >= 0.3 is 0 Å². The molecule has 2 amide bonds. The van der Waals surface area contributed by atoms with E-state index < -0.39 is 6.04 Å². The lowest BCUT2D eigenvalue weighted by molar-refractivity contribution is -0.128. The Bertz CT molecular complexity index is 821. The highest BCUT2D eigenvalue weighted by Gasteiger charge is 2.36. The van der Waals surface area contributed by atoms with E-state index in [2.05, 4.69) is 20.4 Å². The van der Waals surface area contributed by atoms with Crippen molar-refractivity contribution in [1.29, 1.82) is 0 Å². The summed E-state index contributed by atoms with van der Waals surface area (Å²) in [6.07, 6.45) is 0.129. The Morgan fingerprint density at radius 3 is 2.81 bits per heavy atom. The second-order valence-electron chi connectivity index (χ2n) is 5.66. The zero-order valence-electron chi connectivity index (χ0n) is 14.7. The summed E-state index contributed by atoms with van der Waals surface area (Å²) >= 11 is 0. The molecule has 10 nitrogen and oxygen atoms in total. The summed E-state index contributed by atoms with van der Waals surface area (Å²) in [4.78, 5) is 35.1. The van der Waals surface area contributed by atoms with Crippen LogP contribution in [0.4, 0.5) is 0 Å². The van der Waals surface area contributed by atoms with Crippen molar-refractivity contribution in [3.8, 4) is 11.8 Å². The third-order valence-corrected chi connectivity index (χ3v) is 4.00. The van der Waals surface area contributed by atoms with Crippen molar-refractivity contribution in [3.05, 3.63) is 29.4 Å². The van der Waals surface area contributed by atoms with Crippen molar-refractivity contribution >= 4 is 11.8 Å². The standard InChI is InChI=1S/C16H19N5O5/c1-9-18-13(26-20-9)8-11-14(22)17-6-7-21(11)16(23)10-4-5-12(24-2)19-15(10)25-3/h4-5,11H,6-8H2,1-3H3,(H,17,22). The third kappa shape index (κ3) is 3.44. The highest BCUT2D eigenvalue weighted by atomic mass is 16.5. The average molecular weight is 361 g/mol. The molecule has 2 aromatic rings. The Balaban J connectivity index is 1.89. The molecule has 3 heterocycles. The summed E-state index contributed by atoms with van der Waals surface area (Å²) in [5, 5.41) is 6.47. The highest BCUT2D eigenvalue weighted by Crippen LogP contribution is 2.23. The zero-order chi connectivity index (χ0) is 18.7. The number of pyridine rings is 1. The number of nitrogens with zero attached hydrogens (tertiary/aromatic N) is 4. The van der Waals surface area contributed by atoms with E-state index in [1.54, 1.807) is 19.1 Å². The van der Waals surface area contributed by atoms with E-state index >= 15 is 0 Å². The molecule has 0 spiro atoms. The summed E-state index contributed by atoms with van der Waals surface area (Å²) in [5.74, 6) is 0.576. The maximum Gasteiger partial charge on any atom is 0.260 e. The SMILES string of the molecule is COc1ccc(C(=O)N2CCNC(=O)C2Cc2nc(C)no2)c(OC)n1. The van der Waals surface area contributed by atoms with E-state index in [1.807, 2.05) is 0 Å². The van der Waals surface area contributed by atoms with Crippen LogP contribution in [0.1, 0.15) is 22.1 Å². The number of carbonyl (C=O) groups is 2. The number of aryl methyl sites for hydroxylation is 1. The van der Waals surface area contributed by atoms with Gasteiger partial charge < -0.3 is 24.2 Å². The molecule has 26 heavy (non-hydrogen) atoms. The number of nitrogens with one attached hydrogen (secondary N) is 1. The summed E-state index contributed by atoms with van der Waals surface area (Å²) in [6, 6.07) is 2.37. The van der Waals surface area contributed by atoms with Crippen molar-refractivity contribution in [2.45, 2.75) is 19.4 Å². The summed E-state index contributed by atoms with van der Waals surface area (Å²) in [7, 11) is 2.89. The van der Waals surface area contributed by atoms with Gasteiger partial charge in [0.1, 0.15) is 11.6 Å². The van der Waals surface area contributed by atoms with Gasteiger partial charge in [0.2, 0.25) is 23.6 Å². The Kier molecular flexibility index (Phi) is 5.01. The highest BCUT2D eigenvalue weighted by molar-refractivity contribution is 6.00. The van der Waals surface area contributed by atoms with E-state index in [4.69, 9.17) is 14.0 Å². The second-order valence-corrected chi connectivity index (χ2v) is 5.66. The Labute approximate surface area is 149 Å². The fraction of sp³-hybridized carbons (Fsp3) is 0.438. The number of carbonyl (C=O) groups excluding carboxylic acids is 2. The quantitative estimate of drug-likeness (QED) is 0.789. The number of amides is 2. The largest absolute Gasteiger partial charge is 0.481 e. The fourth-order valence-corrected chi connectivity index (χ4v) is 2.76. The molecule has 0 saturated carbocycles. The van der Waals surface area contributed by atoms with Gasteiger partial charge in [0, 0.05) is 19.2 Å². The molecule has 3 rings (SSSR count). The van der Waals surface area contributed by atoms with Gasteiger partial charge in [-0.3, -0.25) is 9.59 Å². The number of hydrogen-bond acceptors (Lipinski definition) is 8. The number of hydrogen-bond donors (Lipinski definition) is 1. The monoisotopic (exact) mass is 361 g/mol. The van der Waals surface area contributed by atoms with Gasteiger partial charge in [-0.15, -0.1) is 0 Å². The first kappa shape index (κ1) is 17.6. The number of aromatic nitrogens is 3. The first-order valence-electron chi connectivity index (χ1n) is 8.00. The topological polar surface area (TPSA) is 120 Å². The maximum atomic E-state index is 13.0. The fourth-order valence-electron chi connectivity index (χ4n) is 2.76. The molecule has 1 aliphatic rings. The first-order chi connectivity index (χ1) is 12.5. The van der Waals surface area contributed by atoms with E-state index in [0.29, 0.717) is 30.7 Å². The Morgan fingerprint density at radius 2 is 2.15 bits per heavy atom. The summed E-state index contributed by atoms with van der Waals surface area (Å²) < 4.78 is 15.3. The van der Waals surface area contributed by atoms with Crippen molar-refractivity contribution in [2.24, 2.45) is 0 Å². The van der Waals surface area contributed by atoms with Crippen LogP contribution in [0.2, 0.25) is 0 Å². The minimum Gasteiger partial charge on any atom is -0.481 e. The van der Waals surface area contributed by atoms with E-state index in [9.17, 15) is 9.59 Å². The van der Waals surface area contributed by atoms with E-state index in [0.717, 1.165) is 0 Å². The third-order valence-electron chi connectivity index (χ3n) is 4.00. The van der Waals surface area contributed by atoms with Gasteiger partial charge in [-0.25, -0.2) is 0 Å². The van der Waals surface area contributed by atoms with Gasteiger partial charge in [-0.1, -0.05) is 5.16 Å². The predicted molar refractivity (Wildman–Crippen MR) is 87.9 cm³/mol. The van der Waals surface area contributed by atoms with Gasteiger partial charge in [0.15, 0.2) is 5.82 Å². The van der Waals surface area contributed by atoms with Crippen LogP contribution in [-0.4, -0.2) is 65.2 Å². The van der Waals surface area contributed by atoms with Gasteiger partial charge in [-0.2, -0.15) is 9.97 Å². The molecule has 1 saturated heterocycles. The smallest absolute Gasteiger partial charge is 0.260 e. The lowest BCUT2D eigenvalue weighted by atomic mass is 10.1. The van der Waals surface area contributed by atoms with Crippen molar-refractivity contribution in [2.75, 3.05) is 27.3 Å². The minimum atomic E-state index is -0.761. The maximum absolute atomic E-state index is 13.0. The minimum absolute atomic E-state index is 0.129. The molecular weight excluding hydrogens is 342 g/mol. The van der Waals surface area contributed by atoms with Crippen LogP contribution in [0.15, 0.2) is 16.7 Å². The molecule has 1 fully saturated rings. The molecule has 2 aromatic heterocycles. The zero-order valence-corrected chi connectivity index (χ0v) is 14.7. The molecule has 10 heteroatoms. The van der Waals surface area contributed by atoms with Gasteiger partial charge in [0.05, 0.1) is 20.6 Å². The van der Waals surface area contributed by atoms with Crippen LogP contribution in [0.5, 0.6) is 11.8 Å². The summed E-state index contributed by atoms with van der Waals surface area (Å²) in [5.41, 5.74) is 0.245. The van der Waals surface area contributed by atoms with E-state index in [-0.39, 0.29) is 29.7 Å².